The summed E-state index contributed by atoms with van der Waals surface area (Å²) in [6.45, 7) is 2.13. The lowest BCUT2D eigenvalue weighted by Gasteiger charge is -2.01. The van der Waals surface area contributed by atoms with Crippen LogP contribution in [0.3, 0.4) is 0 Å². The predicted octanol–water partition coefficient (Wildman–Crippen LogP) is 3.07. The van der Waals surface area contributed by atoms with Gasteiger partial charge in [-0.1, -0.05) is 13.0 Å². The first-order chi connectivity index (χ1) is 9.21. The number of carbonyl (C=O) groups is 1. The van der Waals surface area contributed by atoms with E-state index in [9.17, 15) is 4.79 Å². The molecule has 0 aliphatic heterocycles. The van der Waals surface area contributed by atoms with Gasteiger partial charge < -0.3 is 4.74 Å². The van der Waals surface area contributed by atoms with Gasteiger partial charge in [0.2, 0.25) is 5.88 Å². The summed E-state index contributed by atoms with van der Waals surface area (Å²) in [5.74, 6) is 0.790. The van der Waals surface area contributed by atoms with E-state index in [0.29, 0.717) is 18.7 Å². The molecule has 0 atom stereocenters. The Morgan fingerprint density at radius 3 is 2.58 bits per heavy atom. The summed E-state index contributed by atoms with van der Waals surface area (Å²) < 4.78 is 4.99. The van der Waals surface area contributed by atoms with Crippen LogP contribution in [0.2, 0.25) is 0 Å². The maximum atomic E-state index is 12.0. The van der Waals surface area contributed by atoms with Crippen LogP contribution in [0.25, 0.3) is 0 Å². The molecule has 0 bridgehead atoms. The normalized spacial score (nSPS) is 10.4. The molecule has 19 heavy (non-hydrogen) atoms. The molecule has 0 aliphatic rings. The van der Waals surface area contributed by atoms with Crippen LogP contribution in [-0.2, 0) is 24.1 Å². The molecule has 0 fully saturated rings. The van der Waals surface area contributed by atoms with Gasteiger partial charge in [-0.2, -0.15) is 0 Å². The number of aromatic nitrogens is 1. The maximum Gasteiger partial charge on any atom is 0.212 e. The fraction of sp³-hybridized carbons (Fsp3) is 0.333. The third-order valence-corrected chi connectivity index (χ3v) is 4.07. The largest absolute Gasteiger partial charge is 0.481 e. The molecule has 0 radical (unpaired) electrons. The number of rotatable bonds is 6. The Bertz CT molecular complexity index is 546. The van der Waals surface area contributed by atoms with Crippen LogP contribution in [0.5, 0.6) is 5.88 Å². The first kappa shape index (κ1) is 13.7. The molecule has 0 aliphatic carbocycles. The Labute approximate surface area is 117 Å². The van der Waals surface area contributed by atoms with E-state index in [1.165, 1.54) is 4.88 Å². The Kier molecular flexibility index (Phi) is 4.68. The molecule has 0 spiro atoms. The van der Waals surface area contributed by atoms with E-state index in [1.807, 2.05) is 12.1 Å². The summed E-state index contributed by atoms with van der Waals surface area (Å²) in [7, 11) is 1.58. The zero-order valence-corrected chi connectivity index (χ0v) is 12.0. The van der Waals surface area contributed by atoms with Gasteiger partial charge in [0.25, 0.3) is 0 Å². The number of hydrogen-bond donors (Lipinski definition) is 0. The van der Waals surface area contributed by atoms with Crippen LogP contribution in [0, 0.1) is 0 Å². The monoisotopic (exact) mass is 275 g/mol. The van der Waals surface area contributed by atoms with Crippen molar-refractivity contribution in [1.82, 2.24) is 4.98 Å². The second kappa shape index (κ2) is 6.48. The number of Topliss-reactive ketones (excluding diaryl/α,β-unsaturated/α-hetero) is 1. The Morgan fingerprint density at radius 1 is 1.21 bits per heavy atom. The van der Waals surface area contributed by atoms with Gasteiger partial charge in [-0.3, -0.25) is 4.79 Å². The Morgan fingerprint density at radius 2 is 2.00 bits per heavy atom. The van der Waals surface area contributed by atoms with Crippen LogP contribution in [0.15, 0.2) is 30.5 Å². The lowest BCUT2D eigenvalue weighted by atomic mass is 10.1. The van der Waals surface area contributed by atoms with Crippen molar-refractivity contribution in [1.29, 1.82) is 0 Å². The number of aryl methyl sites for hydroxylation is 1. The first-order valence-corrected chi connectivity index (χ1v) is 7.11. The van der Waals surface area contributed by atoms with Gasteiger partial charge >= 0.3 is 0 Å². The fourth-order valence-electron chi connectivity index (χ4n) is 1.83. The molecule has 100 valence electrons. The lowest BCUT2D eigenvalue weighted by Crippen LogP contribution is -2.05. The van der Waals surface area contributed by atoms with Crippen molar-refractivity contribution in [2.45, 2.75) is 26.2 Å². The quantitative estimate of drug-likeness (QED) is 0.813. The number of hydrogen-bond acceptors (Lipinski definition) is 4. The predicted molar refractivity (Wildman–Crippen MR) is 76.9 cm³/mol. The highest BCUT2D eigenvalue weighted by atomic mass is 32.1. The fourth-order valence-corrected chi connectivity index (χ4v) is 2.81. The number of ketones is 1. The van der Waals surface area contributed by atoms with Crippen LogP contribution in [0.4, 0.5) is 0 Å². The minimum Gasteiger partial charge on any atom is -0.481 e. The molecule has 4 heteroatoms. The molecule has 2 heterocycles. The molecule has 2 rings (SSSR count). The van der Waals surface area contributed by atoms with Gasteiger partial charge in [0, 0.05) is 34.9 Å². The van der Waals surface area contributed by atoms with Crippen LogP contribution >= 0.6 is 11.3 Å². The van der Waals surface area contributed by atoms with E-state index >= 15 is 0 Å². The zero-order chi connectivity index (χ0) is 13.7. The molecule has 2 aromatic rings. The summed E-state index contributed by atoms with van der Waals surface area (Å²) >= 11 is 1.72. The molecular formula is C15H17NO2S. The van der Waals surface area contributed by atoms with Crippen molar-refractivity contribution in [2.75, 3.05) is 7.11 Å². The smallest absolute Gasteiger partial charge is 0.212 e. The highest BCUT2D eigenvalue weighted by Gasteiger charge is 2.08. The molecule has 0 aromatic carbocycles. The number of thiophene rings is 1. The first-order valence-electron chi connectivity index (χ1n) is 6.29. The molecule has 0 amide bonds. The molecular weight excluding hydrogens is 258 g/mol. The van der Waals surface area contributed by atoms with Crippen molar-refractivity contribution >= 4 is 17.1 Å². The Balaban J connectivity index is 1.93. The number of ether oxygens (including phenoxy) is 1. The minimum atomic E-state index is 0.219. The van der Waals surface area contributed by atoms with Crippen molar-refractivity contribution in [3.63, 3.8) is 0 Å². The topological polar surface area (TPSA) is 39.2 Å². The third kappa shape index (κ3) is 3.89. The van der Waals surface area contributed by atoms with Gasteiger partial charge in [-0.05, 0) is 24.1 Å². The standard InChI is InChI=1S/C15H17NO2S/c1-3-13-5-6-14(19-13)9-12(17)8-11-4-7-15(18-2)16-10-11/h4-7,10H,3,8-9H2,1-2H3. The van der Waals surface area contributed by atoms with Crippen molar-refractivity contribution in [2.24, 2.45) is 0 Å². The number of methoxy groups -OCH3 is 1. The van der Waals surface area contributed by atoms with E-state index in [1.54, 1.807) is 30.7 Å². The van der Waals surface area contributed by atoms with Gasteiger partial charge in [0.15, 0.2) is 0 Å². The highest BCUT2D eigenvalue weighted by molar-refractivity contribution is 7.12. The lowest BCUT2D eigenvalue weighted by molar-refractivity contribution is -0.117. The number of carbonyl (C=O) groups excluding carboxylic acids is 1. The molecule has 0 N–H and O–H groups in total. The average molecular weight is 275 g/mol. The van der Waals surface area contributed by atoms with Gasteiger partial charge in [-0.15, -0.1) is 11.3 Å². The summed E-state index contributed by atoms with van der Waals surface area (Å²) in [6, 6.07) is 7.81. The number of nitrogens with zero attached hydrogens (tertiary/aromatic N) is 1. The van der Waals surface area contributed by atoms with Crippen LogP contribution in [0.1, 0.15) is 22.2 Å². The van der Waals surface area contributed by atoms with Crippen LogP contribution in [-0.4, -0.2) is 17.9 Å². The minimum absolute atomic E-state index is 0.219. The maximum absolute atomic E-state index is 12.0. The van der Waals surface area contributed by atoms with Gasteiger partial charge in [0.1, 0.15) is 5.78 Å². The molecule has 0 unspecified atom stereocenters. The van der Waals surface area contributed by atoms with E-state index in [4.69, 9.17) is 4.74 Å². The second-order valence-corrected chi connectivity index (χ2v) is 5.58. The SMILES string of the molecule is CCc1ccc(CC(=O)Cc2ccc(OC)nc2)s1. The molecule has 2 aromatic heterocycles. The number of pyridine rings is 1. The summed E-state index contributed by atoms with van der Waals surface area (Å²) in [5, 5.41) is 0. The van der Waals surface area contributed by atoms with E-state index < -0.39 is 0 Å². The Hall–Kier alpha value is -1.68. The van der Waals surface area contributed by atoms with E-state index in [0.717, 1.165) is 16.9 Å². The average Bonchev–Trinajstić information content (AvgIpc) is 2.87. The van der Waals surface area contributed by atoms with Crippen molar-refractivity contribution in [3.05, 3.63) is 45.8 Å². The van der Waals surface area contributed by atoms with E-state index in [-0.39, 0.29) is 5.78 Å². The molecule has 0 saturated carbocycles. The van der Waals surface area contributed by atoms with E-state index in [2.05, 4.69) is 18.0 Å². The van der Waals surface area contributed by atoms with Gasteiger partial charge in [0.05, 0.1) is 7.11 Å². The summed E-state index contributed by atoms with van der Waals surface area (Å²) in [5.41, 5.74) is 0.929. The molecule has 0 saturated heterocycles. The third-order valence-electron chi connectivity index (χ3n) is 2.85. The van der Waals surface area contributed by atoms with Crippen molar-refractivity contribution in [3.8, 4) is 5.88 Å². The zero-order valence-electron chi connectivity index (χ0n) is 11.2. The van der Waals surface area contributed by atoms with Crippen molar-refractivity contribution < 1.29 is 9.53 Å². The van der Waals surface area contributed by atoms with Gasteiger partial charge in [-0.25, -0.2) is 4.98 Å². The summed E-state index contributed by atoms with van der Waals surface area (Å²) in [6.07, 6.45) is 3.66. The summed E-state index contributed by atoms with van der Waals surface area (Å²) in [4.78, 5) is 18.6. The second-order valence-electron chi connectivity index (χ2n) is 4.32. The van der Waals surface area contributed by atoms with Crippen LogP contribution < -0.4 is 4.74 Å². The molecule has 3 nitrogen and oxygen atoms in total. The highest BCUT2D eigenvalue weighted by Crippen LogP contribution is 2.18.